The number of nitrogens with one attached hydrogen (secondary N) is 1. The molecule has 1 aliphatic carbocycles. The zero-order chi connectivity index (χ0) is 13.8. The van der Waals surface area contributed by atoms with E-state index in [-0.39, 0.29) is 11.8 Å². The molecule has 0 bridgehead atoms. The summed E-state index contributed by atoms with van der Waals surface area (Å²) in [4.78, 5) is 22.6. The molecule has 1 aliphatic rings. The lowest BCUT2D eigenvalue weighted by atomic mass is 9.82. The van der Waals surface area contributed by atoms with Crippen LogP contribution in [0.15, 0.2) is 16.5 Å². The second-order valence-electron chi connectivity index (χ2n) is 5.18. The summed E-state index contributed by atoms with van der Waals surface area (Å²) in [6, 6.07) is 3.42. The van der Waals surface area contributed by atoms with Gasteiger partial charge in [0.25, 0.3) is 5.91 Å². The van der Waals surface area contributed by atoms with E-state index in [9.17, 15) is 9.59 Å². The van der Waals surface area contributed by atoms with Crippen LogP contribution in [0.5, 0.6) is 0 Å². The largest absolute Gasteiger partial charge is 0.481 e. The van der Waals surface area contributed by atoms with E-state index in [1.807, 2.05) is 0 Å². The number of rotatable bonds is 4. The summed E-state index contributed by atoms with van der Waals surface area (Å²) >= 11 is 0. The van der Waals surface area contributed by atoms with Crippen LogP contribution in [-0.2, 0) is 4.79 Å². The third kappa shape index (κ3) is 3.59. The summed E-state index contributed by atoms with van der Waals surface area (Å²) in [6.07, 6.45) is 3.12. The Morgan fingerprint density at radius 2 is 2.00 bits per heavy atom. The first-order chi connectivity index (χ1) is 9.06. The Balaban J connectivity index is 1.75. The van der Waals surface area contributed by atoms with Gasteiger partial charge in [-0.1, -0.05) is 0 Å². The maximum Gasteiger partial charge on any atom is 0.306 e. The lowest BCUT2D eigenvalue weighted by molar-refractivity contribution is -0.143. The predicted molar refractivity (Wildman–Crippen MR) is 68.9 cm³/mol. The summed E-state index contributed by atoms with van der Waals surface area (Å²) in [6.45, 7) is 2.38. The van der Waals surface area contributed by atoms with Crippen molar-refractivity contribution in [1.82, 2.24) is 5.32 Å². The first kappa shape index (κ1) is 13.6. The van der Waals surface area contributed by atoms with Gasteiger partial charge in [-0.3, -0.25) is 9.59 Å². The first-order valence-electron chi connectivity index (χ1n) is 6.63. The topological polar surface area (TPSA) is 79.5 Å². The molecule has 0 aliphatic heterocycles. The van der Waals surface area contributed by atoms with Gasteiger partial charge in [0.15, 0.2) is 5.76 Å². The Morgan fingerprint density at radius 3 is 2.53 bits per heavy atom. The molecule has 1 heterocycles. The average Bonchev–Trinajstić information content (AvgIpc) is 2.83. The number of hydrogen-bond donors (Lipinski definition) is 2. The van der Waals surface area contributed by atoms with E-state index in [1.54, 1.807) is 19.1 Å². The monoisotopic (exact) mass is 265 g/mol. The molecule has 0 unspecified atom stereocenters. The molecule has 1 amide bonds. The highest BCUT2D eigenvalue weighted by atomic mass is 16.4. The van der Waals surface area contributed by atoms with E-state index in [0.29, 0.717) is 36.8 Å². The standard InChI is InChI=1S/C14H19NO4/c1-9-2-7-12(19-9)13(16)15-8-10-3-5-11(6-4-10)14(17)18/h2,7,10-11H,3-6,8H2,1H3,(H,15,16)(H,17,18). The van der Waals surface area contributed by atoms with Gasteiger partial charge >= 0.3 is 5.97 Å². The van der Waals surface area contributed by atoms with Crippen molar-refractivity contribution in [3.8, 4) is 0 Å². The zero-order valence-corrected chi connectivity index (χ0v) is 11.0. The van der Waals surface area contributed by atoms with Crippen LogP contribution >= 0.6 is 0 Å². The molecule has 5 heteroatoms. The summed E-state index contributed by atoms with van der Waals surface area (Å²) in [5.74, 6) is 0.307. The van der Waals surface area contributed by atoms with Crippen LogP contribution in [0, 0.1) is 18.8 Å². The summed E-state index contributed by atoms with van der Waals surface area (Å²) in [7, 11) is 0. The number of carbonyl (C=O) groups is 2. The van der Waals surface area contributed by atoms with Gasteiger partial charge in [0.2, 0.25) is 0 Å². The fourth-order valence-corrected chi connectivity index (χ4v) is 2.49. The molecule has 0 atom stereocenters. The van der Waals surface area contributed by atoms with Crippen LogP contribution in [0.25, 0.3) is 0 Å². The number of carbonyl (C=O) groups excluding carboxylic acids is 1. The van der Waals surface area contributed by atoms with Gasteiger partial charge in [-0.25, -0.2) is 0 Å². The molecular weight excluding hydrogens is 246 g/mol. The van der Waals surface area contributed by atoms with Crippen LogP contribution in [0.2, 0.25) is 0 Å². The third-order valence-corrected chi connectivity index (χ3v) is 3.71. The quantitative estimate of drug-likeness (QED) is 0.874. The molecule has 1 aromatic rings. The fourth-order valence-electron chi connectivity index (χ4n) is 2.49. The van der Waals surface area contributed by atoms with Gasteiger partial charge in [0.1, 0.15) is 5.76 Å². The molecule has 104 valence electrons. The molecule has 0 aromatic carbocycles. The SMILES string of the molecule is Cc1ccc(C(=O)NCC2CCC(C(=O)O)CC2)o1. The highest BCUT2D eigenvalue weighted by Gasteiger charge is 2.26. The van der Waals surface area contributed by atoms with Crippen LogP contribution in [0.1, 0.15) is 42.0 Å². The van der Waals surface area contributed by atoms with Crippen molar-refractivity contribution in [3.05, 3.63) is 23.7 Å². The maximum absolute atomic E-state index is 11.8. The van der Waals surface area contributed by atoms with Crippen LogP contribution < -0.4 is 5.32 Å². The van der Waals surface area contributed by atoms with Crippen molar-refractivity contribution < 1.29 is 19.1 Å². The highest BCUT2D eigenvalue weighted by Crippen LogP contribution is 2.28. The van der Waals surface area contributed by atoms with Crippen molar-refractivity contribution in [1.29, 1.82) is 0 Å². The number of carboxylic acid groups (broad SMARTS) is 1. The lowest BCUT2D eigenvalue weighted by Gasteiger charge is -2.25. The third-order valence-electron chi connectivity index (χ3n) is 3.71. The number of aryl methyl sites for hydroxylation is 1. The second kappa shape index (κ2) is 5.91. The molecule has 1 aromatic heterocycles. The van der Waals surface area contributed by atoms with Crippen molar-refractivity contribution in [2.24, 2.45) is 11.8 Å². The molecule has 0 spiro atoms. The van der Waals surface area contributed by atoms with E-state index in [4.69, 9.17) is 9.52 Å². The smallest absolute Gasteiger partial charge is 0.306 e. The molecule has 2 rings (SSSR count). The van der Waals surface area contributed by atoms with Gasteiger partial charge in [0, 0.05) is 6.54 Å². The van der Waals surface area contributed by atoms with E-state index in [0.717, 1.165) is 12.8 Å². The number of hydrogen-bond acceptors (Lipinski definition) is 3. The number of amides is 1. The molecular formula is C14H19NO4. The Hall–Kier alpha value is -1.78. The molecule has 5 nitrogen and oxygen atoms in total. The number of carboxylic acids is 1. The van der Waals surface area contributed by atoms with Gasteiger partial charge in [-0.15, -0.1) is 0 Å². The Labute approximate surface area is 112 Å². The average molecular weight is 265 g/mol. The zero-order valence-electron chi connectivity index (χ0n) is 11.0. The Bertz CT molecular complexity index is 458. The van der Waals surface area contributed by atoms with E-state index >= 15 is 0 Å². The van der Waals surface area contributed by atoms with Gasteiger partial charge < -0.3 is 14.8 Å². The van der Waals surface area contributed by atoms with Crippen LogP contribution in [0.4, 0.5) is 0 Å². The summed E-state index contributed by atoms with van der Waals surface area (Å²) in [5.41, 5.74) is 0. The van der Waals surface area contributed by atoms with E-state index in [1.165, 1.54) is 0 Å². The van der Waals surface area contributed by atoms with Crippen molar-refractivity contribution in [2.45, 2.75) is 32.6 Å². The lowest BCUT2D eigenvalue weighted by Crippen LogP contribution is -2.32. The minimum absolute atomic E-state index is 0.201. The Morgan fingerprint density at radius 1 is 1.32 bits per heavy atom. The first-order valence-corrected chi connectivity index (χ1v) is 6.63. The van der Waals surface area contributed by atoms with Crippen molar-refractivity contribution in [2.75, 3.05) is 6.54 Å². The minimum atomic E-state index is -0.700. The number of furan rings is 1. The van der Waals surface area contributed by atoms with Crippen LogP contribution in [0.3, 0.4) is 0 Å². The molecule has 19 heavy (non-hydrogen) atoms. The molecule has 1 saturated carbocycles. The predicted octanol–water partition coefficient (Wildman–Crippen LogP) is 2.21. The molecule has 0 saturated heterocycles. The Kier molecular flexibility index (Phi) is 4.24. The van der Waals surface area contributed by atoms with Gasteiger partial charge in [-0.2, -0.15) is 0 Å². The van der Waals surface area contributed by atoms with Gasteiger partial charge in [0.05, 0.1) is 5.92 Å². The molecule has 1 fully saturated rings. The summed E-state index contributed by atoms with van der Waals surface area (Å²) in [5, 5.41) is 11.8. The summed E-state index contributed by atoms with van der Waals surface area (Å²) < 4.78 is 5.24. The van der Waals surface area contributed by atoms with Gasteiger partial charge in [-0.05, 0) is 50.7 Å². The molecule has 0 radical (unpaired) electrons. The van der Waals surface area contributed by atoms with E-state index in [2.05, 4.69) is 5.32 Å². The number of aliphatic carboxylic acids is 1. The normalized spacial score (nSPS) is 23.0. The van der Waals surface area contributed by atoms with E-state index < -0.39 is 5.97 Å². The van der Waals surface area contributed by atoms with Crippen LogP contribution in [-0.4, -0.2) is 23.5 Å². The second-order valence-corrected chi connectivity index (χ2v) is 5.18. The highest BCUT2D eigenvalue weighted by molar-refractivity contribution is 5.91. The fraction of sp³-hybridized carbons (Fsp3) is 0.571. The van der Waals surface area contributed by atoms with Crippen molar-refractivity contribution >= 4 is 11.9 Å². The maximum atomic E-state index is 11.8. The molecule has 2 N–H and O–H groups in total. The minimum Gasteiger partial charge on any atom is -0.481 e. The van der Waals surface area contributed by atoms with Crippen molar-refractivity contribution in [3.63, 3.8) is 0 Å².